The van der Waals surface area contributed by atoms with Gasteiger partial charge in [-0.1, -0.05) is 84.1 Å². The zero-order chi connectivity index (χ0) is 17.1. The first kappa shape index (κ1) is 20.4. The molecule has 0 saturated carbocycles. The zero-order valence-corrected chi connectivity index (χ0v) is 15.7. The van der Waals surface area contributed by atoms with Gasteiger partial charge in [0.2, 0.25) is 0 Å². The Kier molecular flexibility index (Phi) is 9.78. The van der Waals surface area contributed by atoms with Gasteiger partial charge in [-0.15, -0.1) is 0 Å². The van der Waals surface area contributed by atoms with Gasteiger partial charge in [0.25, 0.3) is 0 Å². The lowest BCUT2D eigenvalue weighted by atomic mass is 9.73. The topological polar surface area (TPSA) is 37.3 Å². The van der Waals surface area contributed by atoms with Crippen molar-refractivity contribution in [2.45, 2.75) is 110 Å². The zero-order valence-electron chi connectivity index (χ0n) is 15.7. The molecule has 0 fully saturated rings. The summed E-state index contributed by atoms with van der Waals surface area (Å²) in [5, 5.41) is 10.3. The first-order valence-corrected chi connectivity index (χ1v) is 9.87. The van der Waals surface area contributed by atoms with Gasteiger partial charge in [-0.25, -0.2) is 0 Å². The van der Waals surface area contributed by atoms with Gasteiger partial charge in [0, 0.05) is 6.42 Å². The van der Waals surface area contributed by atoms with E-state index in [1.54, 1.807) is 6.08 Å². The molecule has 0 saturated heterocycles. The molecule has 2 heteroatoms. The highest BCUT2D eigenvalue weighted by atomic mass is 16.3. The van der Waals surface area contributed by atoms with Crippen LogP contribution in [0.25, 0.3) is 0 Å². The van der Waals surface area contributed by atoms with Crippen molar-refractivity contribution in [3.05, 3.63) is 11.6 Å². The smallest absolute Gasteiger partial charge is 0.155 e. The summed E-state index contributed by atoms with van der Waals surface area (Å²) in [4.78, 5) is 11.6. The predicted molar refractivity (Wildman–Crippen MR) is 98.6 cm³/mol. The standard InChI is InChI=1S/C21H38O2/c1-4-5-6-7-8-9-10-11-12-13-19(22)16-18-17-20(23)14-15-21(18,2)3/h17,19,22H,4-16H2,1-3H3. The van der Waals surface area contributed by atoms with Crippen molar-refractivity contribution in [1.82, 2.24) is 0 Å². The third kappa shape index (κ3) is 8.69. The molecule has 0 heterocycles. The van der Waals surface area contributed by atoms with E-state index >= 15 is 0 Å². The maximum atomic E-state index is 11.6. The number of ketones is 1. The normalized spacial score (nSPS) is 18.8. The van der Waals surface area contributed by atoms with Gasteiger partial charge in [-0.05, 0) is 30.8 Å². The van der Waals surface area contributed by atoms with Crippen molar-refractivity contribution in [3.8, 4) is 0 Å². The van der Waals surface area contributed by atoms with E-state index in [-0.39, 0.29) is 17.3 Å². The Balaban J connectivity index is 2.10. The summed E-state index contributed by atoms with van der Waals surface area (Å²) >= 11 is 0. The molecule has 0 bridgehead atoms. The van der Waals surface area contributed by atoms with Crippen LogP contribution in [-0.2, 0) is 4.79 Å². The molecular formula is C21H38O2. The number of aliphatic hydroxyl groups excluding tert-OH is 1. The lowest BCUT2D eigenvalue weighted by molar-refractivity contribution is -0.115. The number of hydrogen-bond acceptors (Lipinski definition) is 2. The van der Waals surface area contributed by atoms with Crippen molar-refractivity contribution in [2.24, 2.45) is 5.41 Å². The molecule has 0 aromatic heterocycles. The van der Waals surface area contributed by atoms with Crippen LogP contribution in [0.15, 0.2) is 11.6 Å². The lowest BCUT2D eigenvalue weighted by Gasteiger charge is -2.32. The number of allylic oxidation sites excluding steroid dienone is 1. The Hall–Kier alpha value is -0.630. The van der Waals surface area contributed by atoms with Crippen molar-refractivity contribution in [1.29, 1.82) is 0 Å². The molecule has 2 nitrogen and oxygen atoms in total. The molecule has 0 aliphatic heterocycles. The molecule has 1 atom stereocenters. The van der Waals surface area contributed by atoms with Gasteiger partial charge >= 0.3 is 0 Å². The number of hydrogen-bond donors (Lipinski definition) is 1. The molecule has 1 aliphatic rings. The number of carbonyl (C=O) groups excluding carboxylic acids is 1. The van der Waals surface area contributed by atoms with Crippen LogP contribution in [0.5, 0.6) is 0 Å². The second kappa shape index (κ2) is 11.0. The maximum Gasteiger partial charge on any atom is 0.155 e. The van der Waals surface area contributed by atoms with Crippen LogP contribution in [0.3, 0.4) is 0 Å². The minimum Gasteiger partial charge on any atom is -0.393 e. The summed E-state index contributed by atoms with van der Waals surface area (Å²) in [5.41, 5.74) is 1.23. The monoisotopic (exact) mass is 322 g/mol. The van der Waals surface area contributed by atoms with Crippen molar-refractivity contribution >= 4 is 5.78 Å². The van der Waals surface area contributed by atoms with E-state index in [0.717, 1.165) is 24.8 Å². The average Bonchev–Trinajstić information content (AvgIpc) is 2.50. The maximum absolute atomic E-state index is 11.6. The van der Waals surface area contributed by atoms with E-state index in [0.29, 0.717) is 12.8 Å². The van der Waals surface area contributed by atoms with Crippen LogP contribution in [0.2, 0.25) is 0 Å². The van der Waals surface area contributed by atoms with Crippen LogP contribution in [0.4, 0.5) is 0 Å². The highest BCUT2D eigenvalue weighted by Gasteiger charge is 2.29. The number of rotatable bonds is 12. The van der Waals surface area contributed by atoms with E-state index in [2.05, 4.69) is 20.8 Å². The quantitative estimate of drug-likeness (QED) is 0.449. The van der Waals surface area contributed by atoms with Gasteiger partial charge in [-0.3, -0.25) is 4.79 Å². The van der Waals surface area contributed by atoms with Crippen molar-refractivity contribution < 1.29 is 9.90 Å². The molecule has 0 aromatic carbocycles. The van der Waals surface area contributed by atoms with Crippen molar-refractivity contribution in [3.63, 3.8) is 0 Å². The van der Waals surface area contributed by atoms with Crippen molar-refractivity contribution in [2.75, 3.05) is 0 Å². The predicted octanol–water partition coefficient (Wildman–Crippen LogP) is 5.97. The Morgan fingerprint density at radius 1 is 1.04 bits per heavy atom. The first-order valence-electron chi connectivity index (χ1n) is 9.87. The van der Waals surface area contributed by atoms with Gasteiger partial charge in [0.1, 0.15) is 0 Å². The van der Waals surface area contributed by atoms with E-state index in [1.807, 2.05) is 0 Å². The molecule has 134 valence electrons. The largest absolute Gasteiger partial charge is 0.393 e. The van der Waals surface area contributed by atoms with Crippen LogP contribution >= 0.6 is 0 Å². The summed E-state index contributed by atoms with van der Waals surface area (Å²) in [5.74, 6) is 0.231. The highest BCUT2D eigenvalue weighted by molar-refractivity contribution is 5.91. The van der Waals surface area contributed by atoms with Gasteiger partial charge < -0.3 is 5.11 Å². The summed E-state index contributed by atoms with van der Waals surface area (Å²) in [7, 11) is 0. The van der Waals surface area contributed by atoms with Crippen LogP contribution in [0, 0.1) is 5.41 Å². The fraction of sp³-hybridized carbons (Fsp3) is 0.857. The van der Waals surface area contributed by atoms with E-state index in [9.17, 15) is 9.90 Å². The minimum absolute atomic E-state index is 0.0768. The molecular weight excluding hydrogens is 284 g/mol. The number of aliphatic hydroxyl groups is 1. The molecule has 0 radical (unpaired) electrons. The Morgan fingerprint density at radius 2 is 1.61 bits per heavy atom. The molecule has 1 rings (SSSR count). The summed E-state index contributed by atoms with van der Waals surface area (Å²) in [6, 6.07) is 0. The fourth-order valence-corrected chi connectivity index (χ4v) is 3.44. The molecule has 1 N–H and O–H groups in total. The summed E-state index contributed by atoms with van der Waals surface area (Å²) in [6.07, 6.45) is 16.4. The van der Waals surface area contributed by atoms with Crippen LogP contribution in [0.1, 0.15) is 104 Å². The minimum atomic E-state index is -0.282. The Morgan fingerprint density at radius 3 is 2.22 bits per heavy atom. The molecule has 1 aliphatic carbocycles. The van der Waals surface area contributed by atoms with Gasteiger partial charge in [-0.2, -0.15) is 0 Å². The Bertz CT molecular complexity index is 368. The molecule has 0 spiro atoms. The Labute approximate surface area is 143 Å². The summed E-state index contributed by atoms with van der Waals surface area (Å²) in [6.45, 7) is 6.64. The molecule has 0 amide bonds. The third-order valence-electron chi connectivity index (χ3n) is 5.30. The van der Waals surface area contributed by atoms with Crippen LogP contribution < -0.4 is 0 Å². The highest BCUT2D eigenvalue weighted by Crippen LogP contribution is 2.38. The fourth-order valence-electron chi connectivity index (χ4n) is 3.44. The second-order valence-corrected chi connectivity index (χ2v) is 7.99. The van der Waals surface area contributed by atoms with E-state index in [1.165, 1.54) is 51.4 Å². The lowest BCUT2D eigenvalue weighted by Crippen LogP contribution is -2.25. The van der Waals surface area contributed by atoms with Crippen LogP contribution in [-0.4, -0.2) is 17.0 Å². The molecule has 0 aromatic rings. The van der Waals surface area contributed by atoms with Gasteiger partial charge in [0.05, 0.1) is 6.10 Å². The van der Waals surface area contributed by atoms with E-state index in [4.69, 9.17) is 0 Å². The average molecular weight is 323 g/mol. The molecule has 23 heavy (non-hydrogen) atoms. The number of unbranched alkanes of at least 4 members (excludes halogenated alkanes) is 8. The third-order valence-corrected chi connectivity index (χ3v) is 5.30. The SMILES string of the molecule is CCCCCCCCCCCC(O)CC1=CC(=O)CCC1(C)C. The van der Waals surface area contributed by atoms with Gasteiger partial charge in [0.15, 0.2) is 5.78 Å². The summed E-state index contributed by atoms with van der Waals surface area (Å²) < 4.78 is 0. The second-order valence-electron chi connectivity index (χ2n) is 7.99. The van der Waals surface area contributed by atoms with E-state index < -0.39 is 0 Å². The molecule has 1 unspecified atom stereocenters. The number of carbonyl (C=O) groups is 1. The first-order chi connectivity index (χ1) is 11.0.